The van der Waals surface area contributed by atoms with Crippen LogP contribution in [0.15, 0.2) is 24.3 Å². The number of carbonyl (C=O) groups excluding carboxylic acids is 1. The van der Waals surface area contributed by atoms with E-state index in [2.05, 4.69) is 0 Å². The molecular formula is C9H10FNO. The van der Waals surface area contributed by atoms with Gasteiger partial charge in [-0.15, -0.1) is 0 Å². The minimum absolute atomic E-state index is 0.267. The first kappa shape index (κ1) is 8.71. The van der Waals surface area contributed by atoms with Crippen LogP contribution in [-0.4, -0.2) is 5.91 Å². The van der Waals surface area contributed by atoms with E-state index in [4.69, 9.17) is 5.73 Å². The number of hydrogen-bond acceptors (Lipinski definition) is 1. The van der Waals surface area contributed by atoms with Crippen molar-refractivity contribution >= 4 is 5.91 Å². The Labute approximate surface area is 70.2 Å². The van der Waals surface area contributed by atoms with Crippen LogP contribution >= 0.6 is 0 Å². The maximum Gasteiger partial charge on any atom is 0.217 e. The Morgan fingerprint density at radius 1 is 1.50 bits per heavy atom. The first-order valence-electron chi connectivity index (χ1n) is 3.71. The smallest absolute Gasteiger partial charge is 0.217 e. The Kier molecular flexibility index (Phi) is 2.80. The molecule has 1 amide bonds. The summed E-state index contributed by atoms with van der Waals surface area (Å²) in [7, 11) is 0. The largest absolute Gasteiger partial charge is 0.370 e. The second-order valence-electron chi connectivity index (χ2n) is 2.60. The molecule has 0 aliphatic rings. The van der Waals surface area contributed by atoms with Gasteiger partial charge in [-0.2, -0.15) is 0 Å². The number of aryl methyl sites for hydroxylation is 1. The molecule has 12 heavy (non-hydrogen) atoms. The molecule has 2 N–H and O–H groups in total. The van der Waals surface area contributed by atoms with Gasteiger partial charge in [-0.05, 0) is 24.1 Å². The third-order valence-electron chi connectivity index (χ3n) is 1.55. The zero-order valence-electron chi connectivity index (χ0n) is 6.59. The molecule has 0 unspecified atom stereocenters. The third kappa shape index (κ3) is 2.70. The quantitative estimate of drug-likeness (QED) is 0.723. The number of rotatable bonds is 3. The van der Waals surface area contributed by atoms with Crippen LogP contribution in [0.2, 0.25) is 0 Å². The molecule has 0 spiro atoms. The third-order valence-corrected chi connectivity index (χ3v) is 1.55. The molecule has 0 atom stereocenters. The Balaban J connectivity index is 2.57. The SMILES string of the molecule is NC(=O)CCc1cccc(F)c1. The second-order valence-corrected chi connectivity index (χ2v) is 2.60. The van der Waals surface area contributed by atoms with Gasteiger partial charge in [0, 0.05) is 6.42 Å². The normalized spacial score (nSPS) is 9.75. The van der Waals surface area contributed by atoms with E-state index in [1.165, 1.54) is 12.1 Å². The van der Waals surface area contributed by atoms with Crippen LogP contribution in [0, 0.1) is 5.82 Å². The number of amides is 1. The summed E-state index contributed by atoms with van der Waals surface area (Å²) in [6, 6.07) is 6.16. The number of primary amides is 1. The lowest BCUT2D eigenvalue weighted by molar-refractivity contribution is -0.117. The minimum atomic E-state index is -0.362. The van der Waals surface area contributed by atoms with Gasteiger partial charge in [-0.1, -0.05) is 12.1 Å². The van der Waals surface area contributed by atoms with Crippen LogP contribution in [0.1, 0.15) is 12.0 Å². The van der Waals surface area contributed by atoms with Crippen LogP contribution in [0.3, 0.4) is 0 Å². The Bertz CT molecular complexity index is 286. The predicted molar refractivity (Wildman–Crippen MR) is 43.9 cm³/mol. The molecular weight excluding hydrogens is 157 g/mol. The molecule has 1 aromatic rings. The van der Waals surface area contributed by atoms with Crippen molar-refractivity contribution in [1.82, 2.24) is 0 Å². The second kappa shape index (κ2) is 3.85. The van der Waals surface area contributed by atoms with Gasteiger partial charge in [-0.3, -0.25) is 4.79 Å². The lowest BCUT2D eigenvalue weighted by atomic mass is 10.1. The number of hydrogen-bond donors (Lipinski definition) is 1. The standard InChI is InChI=1S/C9H10FNO/c10-8-3-1-2-7(6-8)4-5-9(11)12/h1-3,6H,4-5H2,(H2,11,12). The highest BCUT2D eigenvalue weighted by molar-refractivity contribution is 5.73. The fourth-order valence-electron chi connectivity index (χ4n) is 0.960. The van der Waals surface area contributed by atoms with Crippen molar-refractivity contribution in [1.29, 1.82) is 0 Å². The average Bonchev–Trinajstić information content (AvgIpc) is 2.01. The van der Waals surface area contributed by atoms with E-state index in [9.17, 15) is 9.18 Å². The van der Waals surface area contributed by atoms with Gasteiger partial charge < -0.3 is 5.73 Å². The topological polar surface area (TPSA) is 43.1 Å². The van der Waals surface area contributed by atoms with Crippen molar-refractivity contribution in [2.75, 3.05) is 0 Å². The molecule has 0 heterocycles. The Hall–Kier alpha value is -1.38. The van der Waals surface area contributed by atoms with Gasteiger partial charge in [0.25, 0.3) is 0 Å². The summed E-state index contributed by atoms with van der Waals surface area (Å²) in [6.07, 6.45) is 0.774. The van der Waals surface area contributed by atoms with Gasteiger partial charge in [0.15, 0.2) is 0 Å². The fourth-order valence-corrected chi connectivity index (χ4v) is 0.960. The van der Waals surface area contributed by atoms with E-state index in [0.717, 1.165) is 5.56 Å². The van der Waals surface area contributed by atoms with Gasteiger partial charge in [0.05, 0.1) is 0 Å². The van der Waals surface area contributed by atoms with Gasteiger partial charge in [0.2, 0.25) is 5.91 Å². The molecule has 0 aliphatic carbocycles. The average molecular weight is 167 g/mol. The highest BCUT2D eigenvalue weighted by Crippen LogP contribution is 2.05. The van der Waals surface area contributed by atoms with Crippen molar-refractivity contribution in [2.45, 2.75) is 12.8 Å². The molecule has 0 bridgehead atoms. The van der Waals surface area contributed by atoms with Crippen LogP contribution in [0.5, 0.6) is 0 Å². The van der Waals surface area contributed by atoms with Gasteiger partial charge in [-0.25, -0.2) is 4.39 Å². The van der Waals surface area contributed by atoms with E-state index in [-0.39, 0.29) is 18.1 Å². The van der Waals surface area contributed by atoms with E-state index in [0.29, 0.717) is 6.42 Å². The fraction of sp³-hybridized carbons (Fsp3) is 0.222. The zero-order valence-corrected chi connectivity index (χ0v) is 6.59. The predicted octanol–water partition coefficient (Wildman–Crippen LogP) is 1.24. The zero-order chi connectivity index (χ0) is 8.97. The molecule has 1 aromatic carbocycles. The molecule has 0 radical (unpaired) electrons. The summed E-state index contributed by atoms with van der Waals surface area (Å²) in [5, 5.41) is 0. The molecule has 0 aliphatic heterocycles. The first-order valence-corrected chi connectivity index (χ1v) is 3.71. The number of nitrogens with two attached hydrogens (primary N) is 1. The number of carbonyl (C=O) groups is 1. The summed E-state index contributed by atoms with van der Waals surface area (Å²) in [5.41, 5.74) is 5.75. The summed E-state index contributed by atoms with van der Waals surface area (Å²) >= 11 is 0. The summed E-state index contributed by atoms with van der Waals surface area (Å²) in [4.78, 5) is 10.4. The minimum Gasteiger partial charge on any atom is -0.370 e. The van der Waals surface area contributed by atoms with Crippen LogP contribution in [0.25, 0.3) is 0 Å². The molecule has 0 aromatic heterocycles. The Morgan fingerprint density at radius 2 is 2.25 bits per heavy atom. The Morgan fingerprint density at radius 3 is 2.83 bits per heavy atom. The van der Waals surface area contributed by atoms with Crippen molar-refractivity contribution in [3.05, 3.63) is 35.6 Å². The molecule has 0 saturated heterocycles. The van der Waals surface area contributed by atoms with Crippen molar-refractivity contribution < 1.29 is 9.18 Å². The van der Waals surface area contributed by atoms with E-state index in [1.54, 1.807) is 12.1 Å². The summed E-state index contributed by atoms with van der Waals surface area (Å²) in [6.45, 7) is 0. The maximum absolute atomic E-state index is 12.6. The summed E-state index contributed by atoms with van der Waals surface area (Å²) in [5.74, 6) is -0.642. The molecule has 3 heteroatoms. The lowest BCUT2D eigenvalue weighted by Crippen LogP contribution is -2.11. The number of halogens is 1. The van der Waals surface area contributed by atoms with Crippen molar-refractivity contribution in [3.63, 3.8) is 0 Å². The van der Waals surface area contributed by atoms with E-state index < -0.39 is 0 Å². The molecule has 0 saturated carbocycles. The molecule has 0 fully saturated rings. The van der Waals surface area contributed by atoms with Crippen LogP contribution in [0.4, 0.5) is 4.39 Å². The van der Waals surface area contributed by atoms with E-state index in [1.807, 2.05) is 0 Å². The maximum atomic E-state index is 12.6. The van der Waals surface area contributed by atoms with Crippen LogP contribution < -0.4 is 5.73 Å². The highest BCUT2D eigenvalue weighted by Gasteiger charge is 1.97. The van der Waals surface area contributed by atoms with Crippen molar-refractivity contribution in [3.8, 4) is 0 Å². The summed E-state index contributed by atoms with van der Waals surface area (Å²) < 4.78 is 12.6. The first-order chi connectivity index (χ1) is 5.68. The van der Waals surface area contributed by atoms with Crippen LogP contribution in [-0.2, 0) is 11.2 Å². The van der Waals surface area contributed by atoms with E-state index >= 15 is 0 Å². The van der Waals surface area contributed by atoms with Gasteiger partial charge >= 0.3 is 0 Å². The highest BCUT2D eigenvalue weighted by atomic mass is 19.1. The molecule has 1 rings (SSSR count). The molecule has 2 nitrogen and oxygen atoms in total. The van der Waals surface area contributed by atoms with Crippen molar-refractivity contribution in [2.24, 2.45) is 5.73 Å². The number of benzene rings is 1. The monoisotopic (exact) mass is 167 g/mol. The van der Waals surface area contributed by atoms with Gasteiger partial charge in [0.1, 0.15) is 5.82 Å². The lowest BCUT2D eigenvalue weighted by Gasteiger charge is -1.97. The molecule has 64 valence electrons.